The molecule has 1 N–H and O–H groups in total. The molecule has 1 unspecified atom stereocenters. The summed E-state index contributed by atoms with van der Waals surface area (Å²) < 4.78 is 0. The number of H-pyrrole nitrogens is 1. The standard InChI is InChI=1S/C8H11N5S.H2/c1-3-5(2)8-9-6(4-14-8)7-10-12-13-11-7;/h4-5H,3H2,1-2H3,(H,10,11,12,13);1H. The van der Waals surface area contributed by atoms with Gasteiger partial charge in [-0.1, -0.05) is 13.8 Å². The molecule has 0 aliphatic heterocycles. The Hall–Kier alpha value is -1.30. The van der Waals surface area contributed by atoms with Crippen molar-refractivity contribution in [2.75, 3.05) is 0 Å². The third-order valence-corrected chi connectivity index (χ3v) is 3.21. The molecule has 2 aromatic heterocycles. The van der Waals surface area contributed by atoms with Crippen LogP contribution >= 0.6 is 11.3 Å². The molecule has 6 heteroatoms. The molecule has 1 atom stereocenters. The topological polar surface area (TPSA) is 67.3 Å². The van der Waals surface area contributed by atoms with E-state index in [2.05, 4.69) is 39.5 Å². The lowest BCUT2D eigenvalue weighted by molar-refractivity contribution is 0.727. The first-order chi connectivity index (χ1) is 6.81. The highest BCUT2D eigenvalue weighted by Gasteiger charge is 2.11. The molecule has 0 aliphatic carbocycles. The van der Waals surface area contributed by atoms with Gasteiger partial charge in [0.05, 0.1) is 5.01 Å². The summed E-state index contributed by atoms with van der Waals surface area (Å²) in [6.07, 6.45) is 1.10. The van der Waals surface area contributed by atoms with Gasteiger partial charge in [-0.25, -0.2) is 4.98 Å². The maximum atomic E-state index is 4.46. The Morgan fingerprint density at radius 2 is 2.50 bits per heavy atom. The number of aromatic amines is 1. The maximum Gasteiger partial charge on any atom is 0.223 e. The first-order valence-corrected chi connectivity index (χ1v) is 5.38. The van der Waals surface area contributed by atoms with E-state index in [1.54, 1.807) is 11.3 Å². The first kappa shape index (κ1) is 9.26. The Labute approximate surface area is 87.1 Å². The smallest absolute Gasteiger partial charge is 0.223 e. The Morgan fingerprint density at radius 3 is 3.14 bits per heavy atom. The van der Waals surface area contributed by atoms with Crippen molar-refractivity contribution in [1.29, 1.82) is 0 Å². The van der Waals surface area contributed by atoms with E-state index in [4.69, 9.17) is 0 Å². The molecule has 0 saturated carbocycles. The number of hydrogen-bond donors (Lipinski definition) is 1. The van der Waals surface area contributed by atoms with Gasteiger partial charge < -0.3 is 0 Å². The van der Waals surface area contributed by atoms with Gasteiger partial charge in [-0.3, -0.25) is 0 Å². The normalized spacial score (nSPS) is 13.0. The summed E-state index contributed by atoms with van der Waals surface area (Å²) in [7, 11) is 0. The lowest BCUT2D eigenvalue weighted by atomic mass is 10.1. The zero-order chi connectivity index (χ0) is 9.97. The highest BCUT2D eigenvalue weighted by Crippen LogP contribution is 2.25. The molecule has 0 aromatic carbocycles. The fraction of sp³-hybridized carbons (Fsp3) is 0.500. The van der Waals surface area contributed by atoms with Crippen molar-refractivity contribution in [1.82, 2.24) is 25.6 Å². The number of rotatable bonds is 3. The van der Waals surface area contributed by atoms with Crippen LogP contribution in [0, 0.1) is 0 Å². The minimum Gasteiger partial charge on any atom is -0.237 e. The maximum absolute atomic E-state index is 4.46. The molecule has 2 rings (SSSR count). The van der Waals surface area contributed by atoms with Crippen LogP contribution in [-0.2, 0) is 0 Å². The fourth-order valence-corrected chi connectivity index (χ4v) is 2.00. The summed E-state index contributed by atoms with van der Waals surface area (Å²) in [6, 6.07) is 0. The fourth-order valence-electron chi connectivity index (χ4n) is 1.06. The molecule has 0 bridgehead atoms. The molecule has 0 fully saturated rings. The third kappa shape index (κ3) is 1.65. The Kier molecular flexibility index (Phi) is 2.53. The summed E-state index contributed by atoms with van der Waals surface area (Å²) in [5.41, 5.74) is 0.805. The minimum absolute atomic E-state index is 0. The van der Waals surface area contributed by atoms with Gasteiger partial charge in [-0.15, -0.1) is 21.5 Å². The second-order valence-electron chi connectivity index (χ2n) is 3.12. The molecular formula is C8H13N5S. The van der Waals surface area contributed by atoms with Gasteiger partial charge >= 0.3 is 0 Å². The van der Waals surface area contributed by atoms with Crippen molar-refractivity contribution in [3.8, 4) is 11.5 Å². The van der Waals surface area contributed by atoms with Crippen molar-refractivity contribution < 1.29 is 1.43 Å². The predicted molar refractivity (Wildman–Crippen MR) is 56.1 cm³/mol. The van der Waals surface area contributed by atoms with Crippen molar-refractivity contribution in [2.24, 2.45) is 0 Å². The molecule has 0 spiro atoms. The zero-order valence-electron chi connectivity index (χ0n) is 8.06. The van der Waals surface area contributed by atoms with Gasteiger partial charge in [0, 0.05) is 12.7 Å². The molecule has 0 amide bonds. The van der Waals surface area contributed by atoms with Crippen LogP contribution in [0.2, 0.25) is 0 Å². The van der Waals surface area contributed by atoms with E-state index in [-0.39, 0.29) is 1.43 Å². The van der Waals surface area contributed by atoms with Gasteiger partial charge in [-0.05, 0) is 11.6 Å². The van der Waals surface area contributed by atoms with Crippen LogP contribution in [0.4, 0.5) is 0 Å². The summed E-state index contributed by atoms with van der Waals surface area (Å²) >= 11 is 1.65. The Bertz CT molecular complexity index is 399. The average Bonchev–Trinajstić information content (AvgIpc) is 2.86. The molecular weight excluding hydrogens is 198 g/mol. The van der Waals surface area contributed by atoms with E-state index >= 15 is 0 Å². The molecule has 2 aromatic rings. The van der Waals surface area contributed by atoms with Crippen LogP contribution in [0.5, 0.6) is 0 Å². The van der Waals surface area contributed by atoms with E-state index in [0.717, 1.165) is 17.1 Å². The molecule has 14 heavy (non-hydrogen) atoms. The second kappa shape index (κ2) is 3.83. The van der Waals surface area contributed by atoms with Gasteiger partial charge in [0.15, 0.2) is 0 Å². The number of aromatic nitrogens is 5. The van der Waals surface area contributed by atoms with Crippen LogP contribution in [-0.4, -0.2) is 25.6 Å². The molecule has 0 saturated heterocycles. The number of thiazole rings is 1. The lowest BCUT2D eigenvalue weighted by Crippen LogP contribution is -1.90. The van der Waals surface area contributed by atoms with E-state index in [1.165, 1.54) is 0 Å². The number of tetrazole rings is 1. The number of nitrogens with one attached hydrogen (secondary N) is 1. The third-order valence-electron chi connectivity index (χ3n) is 2.13. The zero-order valence-corrected chi connectivity index (χ0v) is 8.88. The summed E-state index contributed by atoms with van der Waals surface area (Å²) in [5.74, 6) is 1.07. The van der Waals surface area contributed by atoms with Crippen LogP contribution in [0.1, 0.15) is 32.6 Å². The monoisotopic (exact) mass is 211 g/mol. The Morgan fingerprint density at radius 1 is 1.64 bits per heavy atom. The van der Waals surface area contributed by atoms with E-state index in [0.29, 0.717) is 11.7 Å². The molecule has 76 valence electrons. The average molecular weight is 211 g/mol. The van der Waals surface area contributed by atoms with Crippen LogP contribution in [0.15, 0.2) is 5.38 Å². The quantitative estimate of drug-likeness (QED) is 0.844. The highest BCUT2D eigenvalue weighted by molar-refractivity contribution is 7.10. The van der Waals surface area contributed by atoms with Crippen molar-refractivity contribution >= 4 is 11.3 Å². The van der Waals surface area contributed by atoms with Gasteiger partial charge in [0.25, 0.3) is 0 Å². The van der Waals surface area contributed by atoms with Crippen molar-refractivity contribution in [2.45, 2.75) is 26.2 Å². The molecule has 0 radical (unpaired) electrons. The van der Waals surface area contributed by atoms with Crippen LogP contribution in [0.3, 0.4) is 0 Å². The second-order valence-corrected chi connectivity index (χ2v) is 4.01. The lowest BCUT2D eigenvalue weighted by Gasteiger charge is -2.01. The molecule has 2 heterocycles. The van der Waals surface area contributed by atoms with E-state index < -0.39 is 0 Å². The largest absolute Gasteiger partial charge is 0.237 e. The van der Waals surface area contributed by atoms with Crippen molar-refractivity contribution in [3.05, 3.63) is 10.4 Å². The SMILES string of the molecule is CCC(C)c1nc(-c2nn[nH]n2)cs1.[HH]. The number of hydrogen-bond acceptors (Lipinski definition) is 5. The highest BCUT2D eigenvalue weighted by atomic mass is 32.1. The summed E-state index contributed by atoms with van der Waals surface area (Å²) in [6.45, 7) is 4.32. The van der Waals surface area contributed by atoms with Gasteiger partial charge in [0.2, 0.25) is 5.82 Å². The van der Waals surface area contributed by atoms with E-state index in [1.807, 2.05) is 5.38 Å². The molecule has 0 aliphatic rings. The van der Waals surface area contributed by atoms with Gasteiger partial charge in [0.1, 0.15) is 5.69 Å². The minimum atomic E-state index is 0. The summed E-state index contributed by atoms with van der Waals surface area (Å²) in [4.78, 5) is 4.46. The number of nitrogens with zero attached hydrogens (tertiary/aromatic N) is 4. The van der Waals surface area contributed by atoms with Crippen molar-refractivity contribution in [3.63, 3.8) is 0 Å². The van der Waals surface area contributed by atoms with Crippen LogP contribution < -0.4 is 0 Å². The molecule has 5 nitrogen and oxygen atoms in total. The predicted octanol–water partition coefficient (Wildman–Crippen LogP) is 2.08. The summed E-state index contributed by atoms with van der Waals surface area (Å²) in [5, 5.41) is 16.8. The first-order valence-electron chi connectivity index (χ1n) is 4.50. The van der Waals surface area contributed by atoms with Crippen LogP contribution in [0.25, 0.3) is 11.5 Å². The van der Waals surface area contributed by atoms with Gasteiger partial charge in [-0.2, -0.15) is 5.21 Å². The van der Waals surface area contributed by atoms with E-state index in [9.17, 15) is 0 Å². The Balaban J connectivity index is 0.00000112.